The Bertz CT molecular complexity index is 179. The summed E-state index contributed by atoms with van der Waals surface area (Å²) in [7, 11) is 0. The summed E-state index contributed by atoms with van der Waals surface area (Å²) in [5.74, 6) is -0.310. The summed E-state index contributed by atoms with van der Waals surface area (Å²) in [5, 5.41) is 0. The molecule has 3 nitrogen and oxygen atoms in total. The van der Waals surface area contributed by atoms with Crippen molar-refractivity contribution in [1.82, 2.24) is 0 Å². The van der Waals surface area contributed by atoms with E-state index in [1.54, 1.807) is 6.92 Å². The first kappa shape index (κ1) is 8.11. The zero-order chi connectivity index (χ0) is 8.27. The van der Waals surface area contributed by atoms with Gasteiger partial charge in [0.2, 0.25) is 0 Å². The van der Waals surface area contributed by atoms with Gasteiger partial charge in [0.15, 0.2) is 0 Å². The van der Waals surface area contributed by atoms with Crippen LogP contribution in [0.4, 0.5) is 0 Å². The van der Waals surface area contributed by atoms with Gasteiger partial charge in [-0.15, -0.1) is 0 Å². The molecule has 1 rings (SSSR count). The largest absolute Gasteiger partial charge is 0.459 e. The lowest BCUT2D eigenvalue weighted by molar-refractivity contribution is -0.146. The maximum atomic E-state index is 10.9. The molecule has 1 aliphatic rings. The fourth-order valence-electron chi connectivity index (χ4n) is 0.873. The fourth-order valence-corrected chi connectivity index (χ4v) is 0.873. The number of ether oxygens (including phenoxy) is 1. The summed E-state index contributed by atoms with van der Waals surface area (Å²) < 4.78 is 5.00. The zero-order valence-electron chi connectivity index (χ0n) is 6.67. The van der Waals surface area contributed by atoms with Crippen molar-refractivity contribution >= 4 is 5.97 Å². The molecule has 62 valence electrons. The van der Waals surface area contributed by atoms with Gasteiger partial charge in [-0.05, 0) is 26.2 Å². The second-order valence-corrected chi connectivity index (χ2v) is 2.88. The first-order valence-corrected chi connectivity index (χ1v) is 3.83. The van der Waals surface area contributed by atoms with Crippen molar-refractivity contribution in [2.75, 3.05) is 0 Å². The third-order valence-corrected chi connectivity index (χ3v) is 1.68. The normalized spacial score (nSPS) is 19.2. The lowest BCUT2D eigenvalue weighted by atomic mass is 9.96. The number of carbonyl (C=O) groups is 1. The molecule has 0 spiro atoms. The third-order valence-electron chi connectivity index (χ3n) is 1.68. The molecule has 0 bridgehead atoms. The molecule has 0 aliphatic heterocycles. The maximum Gasteiger partial charge on any atom is 0.332 e. The monoisotopic (exact) mass is 155 g/mol. The quantitative estimate of drug-likeness (QED) is 0.477. The average Bonchev–Trinajstić information content (AvgIpc) is 1.77. The molecule has 0 aromatic carbocycles. The van der Waals surface area contributed by atoms with E-state index in [1.807, 2.05) is 0 Å². The smallest absolute Gasteiger partial charge is 0.332 e. The topological polar surface area (TPSA) is 52.3 Å². The second kappa shape index (κ2) is 3.42. The SMILES string of the molecule is C/C(N)=C\C(=O)OC1CCC1. The van der Waals surface area contributed by atoms with Crippen LogP contribution in [0.1, 0.15) is 26.2 Å². The molecule has 0 atom stereocenters. The Morgan fingerprint density at radius 2 is 2.27 bits per heavy atom. The highest BCUT2D eigenvalue weighted by Gasteiger charge is 2.20. The van der Waals surface area contributed by atoms with Gasteiger partial charge >= 0.3 is 5.97 Å². The van der Waals surface area contributed by atoms with Gasteiger partial charge in [0.05, 0.1) is 0 Å². The fraction of sp³-hybridized carbons (Fsp3) is 0.625. The van der Waals surface area contributed by atoms with Gasteiger partial charge in [-0.1, -0.05) is 0 Å². The van der Waals surface area contributed by atoms with Crippen LogP contribution in [0.5, 0.6) is 0 Å². The Kier molecular flexibility index (Phi) is 2.52. The Morgan fingerprint density at radius 3 is 2.64 bits per heavy atom. The second-order valence-electron chi connectivity index (χ2n) is 2.88. The minimum atomic E-state index is -0.310. The summed E-state index contributed by atoms with van der Waals surface area (Å²) in [4.78, 5) is 10.9. The Balaban J connectivity index is 2.25. The van der Waals surface area contributed by atoms with E-state index >= 15 is 0 Å². The van der Waals surface area contributed by atoms with Crippen LogP contribution >= 0.6 is 0 Å². The minimum Gasteiger partial charge on any atom is -0.459 e. The lowest BCUT2D eigenvalue weighted by Crippen LogP contribution is -2.24. The molecular formula is C8H13NO2. The van der Waals surface area contributed by atoms with Crippen molar-refractivity contribution in [2.24, 2.45) is 5.73 Å². The lowest BCUT2D eigenvalue weighted by Gasteiger charge is -2.24. The van der Waals surface area contributed by atoms with Gasteiger partial charge in [0.1, 0.15) is 6.10 Å². The summed E-state index contributed by atoms with van der Waals surface area (Å²) in [5.41, 5.74) is 5.78. The first-order valence-electron chi connectivity index (χ1n) is 3.83. The number of hydrogen-bond donors (Lipinski definition) is 1. The van der Waals surface area contributed by atoms with Crippen molar-refractivity contribution in [3.63, 3.8) is 0 Å². The molecule has 0 radical (unpaired) electrons. The molecule has 0 amide bonds. The average molecular weight is 155 g/mol. The van der Waals surface area contributed by atoms with Gasteiger partial charge in [0, 0.05) is 11.8 Å². The molecule has 0 heterocycles. The molecule has 1 saturated carbocycles. The summed E-state index contributed by atoms with van der Waals surface area (Å²) in [6.07, 6.45) is 4.65. The highest BCUT2D eigenvalue weighted by Crippen LogP contribution is 2.21. The van der Waals surface area contributed by atoms with Gasteiger partial charge in [-0.2, -0.15) is 0 Å². The highest BCUT2D eigenvalue weighted by molar-refractivity contribution is 5.82. The van der Waals surface area contributed by atoms with Crippen LogP contribution in [-0.2, 0) is 9.53 Å². The van der Waals surface area contributed by atoms with Crippen molar-refractivity contribution in [1.29, 1.82) is 0 Å². The molecule has 11 heavy (non-hydrogen) atoms. The molecule has 1 aliphatic carbocycles. The van der Waals surface area contributed by atoms with Gasteiger partial charge < -0.3 is 10.5 Å². The van der Waals surface area contributed by atoms with Crippen LogP contribution in [0.25, 0.3) is 0 Å². The summed E-state index contributed by atoms with van der Waals surface area (Å²) >= 11 is 0. The highest BCUT2D eigenvalue weighted by atomic mass is 16.5. The van der Waals surface area contributed by atoms with E-state index in [1.165, 1.54) is 12.5 Å². The Hall–Kier alpha value is -0.990. The van der Waals surface area contributed by atoms with Crippen LogP contribution in [0.2, 0.25) is 0 Å². The Labute approximate surface area is 66.2 Å². The van der Waals surface area contributed by atoms with Crippen molar-refractivity contribution in [2.45, 2.75) is 32.3 Å². The maximum absolute atomic E-state index is 10.9. The van der Waals surface area contributed by atoms with Crippen LogP contribution in [-0.4, -0.2) is 12.1 Å². The van der Waals surface area contributed by atoms with Crippen LogP contribution < -0.4 is 5.73 Å². The number of allylic oxidation sites excluding steroid dienone is 1. The number of esters is 1. The predicted octanol–water partition coefficient (Wildman–Crippen LogP) is 0.945. The van der Waals surface area contributed by atoms with Crippen LogP contribution in [0, 0.1) is 0 Å². The minimum absolute atomic E-state index is 0.151. The van der Waals surface area contributed by atoms with E-state index < -0.39 is 0 Å². The number of hydrogen-bond acceptors (Lipinski definition) is 3. The molecule has 0 unspecified atom stereocenters. The number of carbonyl (C=O) groups excluding carboxylic acids is 1. The molecule has 2 N–H and O–H groups in total. The number of rotatable bonds is 2. The van der Waals surface area contributed by atoms with Crippen LogP contribution in [0.3, 0.4) is 0 Å². The molecule has 3 heteroatoms. The van der Waals surface area contributed by atoms with Crippen LogP contribution in [0.15, 0.2) is 11.8 Å². The van der Waals surface area contributed by atoms with Gasteiger partial charge in [0.25, 0.3) is 0 Å². The van der Waals surface area contributed by atoms with Crippen molar-refractivity contribution in [3.05, 3.63) is 11.8 Å². The van der Waals surface area contributed by atoms with E-state index in [0.717, 1.165) is 12.8 Å². The van der Waals surface area contributed by atoms with Crippen molar-refractivity contribution in [3.8, 4) is 0 Å². The van der Waals surface area contributed by atoms with E-state index in [0.29, 0.717) is 5.70 Å². The molecule has 0 aromatic rings. The van der Waals surface area contributed by atoms with E-state index in [2.05, 4.69) is 0 Å². The van der Waals surface area contributed by atoms with E-state index in [9.17, 15) is 4.79 Å². The molecule has 1 fully saturated rings. The van der Waals surface area contributed by atoms with Crippen molar-refractivity contribution < 1.29 is 9.53 Å². The predicted molar refractivity (Wildman–Crippen MR) is 41.7 cm³/mol. The van der Waals surface area contributed by atoms with Gasteiger partial charge in [-0.25, -0.2) is 4.79 Å². The molecule has 0 aromatic heterocycles. The number of nitrogens with two attached hydrogens (primary N) is 1. The molecular weight excluding hydrogens is 142 g/mol. The summed E-state index contributed by atoms with van der Waals surface area (Å²) in [6.45, 7) is 1.67. The third kappa shape index (κ3) is 2.62. The van der Waals surface area contributed by atoms with E-state index in [4.69, 9.17) is 10.5 Å². The first-order chi connectivity index (χ1) is 5.18. The Morgan fingerprint density at radius 1 is 1.64 bits per heavy atom. The summed E-state index contributed by atoms with van der Waals surface area (Å²) in [6, 6.07) is 0. The van der Waals surface area contributed by atoms with E-state index in [-0.39, 0.29) is 12.1 Å². The molecule has 0 saturated heterocycles. The zero-order valence-corrected chi connectivity index (χ0v) is 6.67. The van der Waals surface area contributed by atoms with Gasteiger partial charge in [-0.3, -0.25) is 0 Å². The standard InChI is InChI=1S/C8H13NO2/c1-6(9)5-8(10)11-7-3-2-4-7/h5,7H,2-4,9H2,1H3/b6-5+.